The summed E-state index contributed by atoms with van der Waals surface area (Å²) in [6.07, 6.45) is 0.605. The predicted octanol–water partition coefficient (Wildman–Crippen LogP) is -0.299. The maximum atomic E-state index is 5.30. The molecule has 0 radical (unpaired) electrons. The molecule has 3 rings (SSSR count). The molecule has 2 nitrogen and oxygen atoms in total. The van der Waals surface area contributed by atoms with Crippen molar-refractivity contribution in [2.24, 2.45) is 0 Å². The number of hydrogen-bond donors (Lipinski definition) is 0. The number of rotatable bonds is 0. The zero-order valence-electron chi connectivity index (χ0n) is 4.26. The molecule has 0 spiro atoms. The quantitative estimate of drug-likeness (QED) is 0.413. The second-order valence-corrected chi connectivity index (χ2v) is 2.25. The van der Waals surface area contributed by atoms with Crippen LogP contribution in [0.3, 0.4) is 0 Å². The Morgan fingerprint density at radius 1 is 1.43 bits per heavy atom. The molecule has 3 aliphatic rings. The SMILES string of the molecule is C1CN2CC(C2)O1. The first-order valence-corrected chi connectivity index (χ1v) is 2.79. The molecule has 0 aromatic rings. The van der Waals surface area contributed by atoms with Gasteiger partial charge >= 0.3 is 0 Å². The summed E-state index contributed by atoms with van der Waals surface area (Å²) in [5.41, 5.74) is 0. The summed E-state index contributed by atoms with van der Waals surface area (Å²) in [5.74, 6) is 0. The Kier molecular flexibility index (Phi) is 0.664. The fourth-order valence-electron chi connectivity index (χ4n) is 1.16. The first-order valence-electron chi connectivity index (χ1n) is 2.79. The van der Waals surface area contributed by atoms with Crippen molar-refractivity contribution < 1.29 is 4.74 Å². The third-order valence-electron chi connectivity index (χ3n) is 1.68. The van der Waals surface area contributed by atoms with Crippen molar-refractivity contribution in [1.29, 1.82) is 0 Å². The van der Waals surface area contributed by atoms with Crippen molar-refractivity contribution in [3.63, 3.8) is 0 Å². The Labute approximate surface area is 43.1 Å². The molecule has 0 atom stereocenters. The minimum absolute atomic E-state index is 0.605. The molecule has 3 aliphatic heterocycles. The van der Waals surface area contributed by atoms with Gasteiger partial charge in [-0.3, -0.25) is 4.90 Å². The van der Waals surface area contributed by atoms with E-state index in [9.17, 15) is 0 Å². The van der Waals surface area contributed by atoms with Crippen LogP contribution in [0.2, 0.25) is 0 Å². The lowest BCUT2D eigenvalue weighted by atomic mass is 10.1. The van der Waals surface area contributed by atoms with E-state index in [4.69, 9.17) is 4.74 Å². The molecule has 3 heterocycles. The molecule has 3 saturated heterocycles. The molecule has 0 saturated carbocycles. The highest BCUT2D eigenvalue weighted by molar-refractivity contribution is 4.83. The summed E-state index contributed by atoms with van der Waals surface area (Å²) in [4.78, 5) is 2.41. The van der Waals surface area contributed by atoms with Gasteiger partial charge in [-0.25, -0.2) is 0 Å². The fourth-order valence-corrected chi connectivity index (χ4v) is 1.16. The molecule has 3 fully saturated rings. The van der Waals surface area contributed by atoms with E-state index in [1.54, 1.807) is 0 Å². The topological polar surface area (TPSA) is 12.5 Å². The van der Waals surface area contributed by atoms with Crippen molar-refractivity contribution in [1.82, 2.24) is 4.90 Å². The van der Waals surface area contributed by atoms with Crippen LogP contribution in [0.15, 0.2) is 0 Å². The van der Waals surface area contributed by atoms with Crippen LogP contribution < -0.4 is 0 Å². The van der Waals surface area contributed by atoms with E-state index in [1.165, 1.54) is 13.1 Å². The van der Waals surface area contributed by atoms with Gasteiger partial charge in [0.1, 0.15) is 0 Å². The minimum Gasteiger partial charge on any atom is -0.374 e. The van der Waals surface area contributed by atoms with Crippen LogP contribution in [0.1, 0.15) is 0 Å². The average Bonchev–Trinajstić information content (AvgIpc) is 1.67. The zero-order chi connectivity index (χ0) is 4.69. The summed E-state index contributed by atoms with van der Waals surface area (Å²) in [7, 11) is 0. The van der Waals surface area contributed by atoms with Crippen molar-refractivity contribution in [2.45, 2.75) is 6.10 Å². The van der Waals surface area contributed by atoms with E-state index in [0.29, 0.717) is 6.10 Å². The van der Waals surface area contributed by atoms with Crippen LogP contribution in [-0.2, 0) is 4.74 Å². The van der Waals surface area contributed by atoms with Gasteiger partial charge in [0, 0.05) is 19.6 Å². The van der Waals surface area contributed by atoms with Crippen LogP contribution in [0.4, 0.5) is 0 Å². The predicted molar refractivity (Wildman–Crippen MR) is 26.2 cm³/mol. The third kappa shape index (κ3) is 0.469. The lowest BCUT2D eigenvalue weighted by Crippen LogP contribution is -2.58. The number of morpholine rings is 2. The van der Waals surface area contributed by atoms with E-state index < -0.39 is 0 Å². The van der Waals surface area contributed by atoms with Gasteiger partial charge in [0.15, 0.2) is 0 Å². The van der Waals surface area contributed by atoms with Crippen molar-refractivity contribution in [2.75, 3.05) is 26.2 Å². The van der Waals surface area contributed by atoms with Crippen LogP contribution >= 0.6 is 0 Å². The number of hydrogen-bond acceptors (Lipinski definition) is 2. The van der Waals surface area contributed by atoms with Crippen LogP contribution in [0, 0.1) is 0 Å². The lowest BCUT2D eigenvalue weighted by molar-refractivity contribution is -0.114. The molecule has 7 heavy (non-hydrogen) atoms. The van der Waals surface area contributed by atoms with E-state index in [1.807, 2.05) is 0 Å². The maximum Gasteiger partial charge on any atom is 0.0829 e. The summed E-state index contributed by atoms with van der Waals surface area (Å²) in [5, 5.41) is 0. The van der Waals surface area contributed by atoms with Gasteiger partial charge in [-0.05, 0) is 0 Å². The van der Waals surface area contributed by atoms with Gasteiger partial charge in [0.25, 0.3) is 0 Å². The minimum atomic E-state index is 0.605. The molecule has 0 amide bonds. The summed E-state index contributed by atoms with van der Waals surface area (Å²) in [6, 6.07) is 0. The fraction of sp³-hybridized carbons (Fsp3) is 1.00. The largest absolute Gasteiger partial charge is 0.374 e. The standard InChI is InChI=1S/C5H9NO/c1-2-7-5-3-6(1)4-5/h5H,1-4H2. The Balaban J connectivity index is 1.99. The van der Waals surface area contributed by atoms with Gasteiger partial charge in [-0.15, -0.1) is 0 Å². The molecule has 0 aromatic heterocycles. The summed E-state index contributed by atoms with van der Waals surface area (Å²) >= 11 is 0. The van der Waals surface area contributed by atoms with Crippen LogP contribution in [-0.4, -0.2) is 37.2 Å². The van der Waals surface area contributed by atoms with E-state index in [0.717, 1.165) is 13.2 Å². The second kappa shape index (κ2) is 1.20. The van der Waals surface area contributed by atoms with E-state index in [2.05, 4.69) is 4.90 Å². The Hall–Kier alpha value is -0.0800. The normalized spacial score (nSPS) is 48.0. The number of nitrogens with zero attached hydrogens (tertiary/aromatic N) is 1. The van der Waals surface area contributed by atoms with Crippen molar-refractivity contribution in [3.05, 3.63) is 0 Å². The smallest absolute Gasteiger partial charge is 0.0829 e. The molecule has 0 unspecified atom stereocenters. The first-order chi connectivity index (χ1) is 3.45. The third-order valence-corrected chi connectivity index (χ3v) is 1.68. The zero-order valence-corrected chi connectivity index (χ0v) is 4.26. The molecule has 0 N–H and O–H groups in total. The van der Waals surface area contributed by atoms with E-state index in [-0.39, 0.29) is 0 Å². The highest BCUT2D eigenvalue weighted by Gasteiger charge is 2.30. The highest BCUT2D eigenvalue weighted by atomic mass is 16.5. The highest BCUT2D eigenvalue weighted by Crippen LogP contribution is 2.15. The molecular formula is C5H9NO. The van der Waals surface area contributed by atoms with Gasteiger partial charge in [-0.2, -0.15) is 0 Å². The van der Waals surface area contributed by atoms with Crippen LogP contribution in [0.25, 0.3) is 0 Å². The summed E-state index contributed by atoms with van der Waals surface area (Å²) in [6.45, 7) is 4.52. The monoisotopic (exact) mass is 99.1 g/mol. The maximum absolute atomic E-state index is 5.30. The van der Waals surface area contributed by atoms with Crippen molar-refractivity contribution in [3.8, 4) is 0 Å². The molecule has 40 valence electrons. The van der Waals surface area contributed by atoms with Gasteiger partial charge in [-0.1, -0.05) is 0 Å². The van der Waals surface area contributed by atoms with Crippen LogP contribution in [0.5, 0.6) is 0 Å². The van der Waals surface area contributed by atoms with Gasteiger partial charge in [0.05, 0.1) is 12.7 Å². The number of ether oxygens (including phenoxy) is 1. The lowest BCUT2D eigenvalue weighted by Gasteiger charge is -2.43. The first kappa shape index (κ1) is 3.87. The second-order valence-electron chi connectivity index (χ2n) is 2.25. The molecule has 2 bridgehead atoms. The van der Waals surface area contributed by atoms with E-state index >= 15 is 0 Å². The average molecular weight is 99.1 g/mol. The molecule has 0 aliphatic carbocycles. The van der Waals surface area contributed by atoms with Crippen molar-refractivity contribution >= 4 is 0 Å². The summed E-state index contributed by atoms with van der Waals surface area (Å²) < 4.78 is 5.30. The Morgan fingerprint density at radius 2 is 2.29 bits per heavy atom. The Bertz CT molecular complexity index is 64.6. The molecular weight excluding hydrogens is 90.1 g/mol. The molecule has 2 heteroatoms. The molecule has 0 aromatic carbocycles. The Morgan fingerprint density at radius 3 is 2.43 bits per heavy atom. The number of fused-ring (bicyclic) bond motifs is 2. The van der Waals surface area contributed by atoms with Gasteiger partial charge < -0.3 is 4.74 Å². The van der Waals surface area contributed by atoms with Gasteiger partial charge in [0.2, 0.25) is 0 Å².